The third-order valence-corrected chi connectivity index (χ3v) is 3.85. The van der Waals surface area contributed by atoms with Crippen LogP contribution in [0, 0.1) is 12.7 Å². The van der Waals surface area contributed by atoms with Crippen LogP contribution < -0.4 is 0 Å². The second kappa shape index (κ2) is 6.01. The Morgan fingerprint density at radius 1 is 1.35 bits per heavy atom. The molecule has 2 heterocycles. The summed E-state index contributed by atoms with van der Waals surface area (Å²) in [5.41, 5.74) is 2.02. The van der Waals surface area contributed by atoms with Crippen LogP contribution in [-0.2, 0) is 9.53 Å². The zero-order chi connectivity index (χ0) is 16.6. The van der Waals surface area contributed by atoms with Gasteiger partial charge in [-0.25, -0.2) is 4.39 Å². The molecular formula is C18H17FO4. The van der Waals surface area contributed by atoms with E-state index in [-0.39, 0.29) is 18.7 Å². The van der Waals surface area contributed by atoms with Crippen molar-refractivity contribution in [2.45, 2.75) is 32.0 Å². The smallest absolute Gasteiger partial charge is 0.309 e. The third-order valence-electron chi connectivity index (χ3n) is 3.85. The Kier molecular flexibility index (Phi) is 4.05. The number of aryl methyl sites for hydroxylation is 1. The number of carbonyl (C=O) groups excluding carboxylic acids is 1. The van der Waals surface area contributed by atoms with Gasteiger partial charge in [-0.05, 0) is 30.7 Å². The van der Waals surface area contributed by atoms with E-state index < -0.39 is 18.2 Å². The maximum Gasteiger partial charge on any atom is 0.309 e. The van der Waals surface area contributed by atoms with E-state index in [0.29, 0.717) is 17.1 Å². The van der Waals surface area contributed by atoms with Crippen molar-refractivity contribution >= 4 is 11.5 Å². The van der Waals surface area contributed by atoms with E-state index in [1.807, 2.05) is 6.07 Å². The Balaban J connectivity index is 1.95. The van der Waals surface area contributed by atoms with Gasteiger partial charge in [-0.3, -0.25) is 4.79 Å². The summed E-state index contributed by atoms with van der Waals surface area (Å²) in [6, 6.07) is 7.87. The molecule has 0 spiro atoms. The van der Waals surface area contributed by atoms with Crippen molar-refractivity contribution in [2.75, 3.05) is 0 Å². The molecule has 1 aromatic carbocycles. The van der Waals surface area contributed by atoms with Gasteiger partial charge in [-0.2, -0.15) is 0 Å². The van der Waals surface area contributed by atoms with E-state index in [0.717, 1.165) is 11.1 Å². The van der Waals surface area contributed by atoms with Gasteiger partial charge in [0.25, 0.3) is 0 Å². The van der Waals surface area contributed by atoms with Gasteiger partial charge in [-0.1, -0.05) is 18.7 Å². The number of hydrogen-bond donors (Lipinski definition) is 1. The summed E-state index contributed by atoms with van der Waals surface area (Å²) in [5.74, 6) is 0.379. The fourth-order valence-electron chi connectivity index (χ4n) is 2.73. The molecule has 4 nitrogen and oxygen atoms in total. The number of aliphatic hydroxyl groups is 1. The second-order valence-electron chi connectivity index (χ2n) is 5.70. The number of aliphatic hydroxyl groups excluding tert-OH is 1. The summed E-state index contributed by atoms with van der Waals surface area (Å²) in [7, 11) is 0. The summed E-state index contributed by atoms with van der Waals surface area (Å²) in [6.45, 7) is 5.78. The predicted molar refractivity (Wildman–Crippen MR) is 83.0 cm³/mol. The second-order valence-corrected chi connectivity index (χ2v) is 5.70. The molecule has 120 valence electrons. The zero-order valence-electron chi connectivity index (χ0n) is 12.7. The summed E-state index contributed by atoms with van der Waals surface area (Å²) >= 11 is 0. The summed E-state index contributed by atoms with van der Waals surface area (Å²) < 4.78 is 24.1. The highest BCUT2D eigenvalue weighted by molar-refractivity contribution is 5.81. The van der Waals surface area contributed by atoms with Crippen LogP contribution in [0.2, 0.25) is 0 Å². The fraction of sp³-hybridized carbons (Fsp3) is 0.278. The Hall–Kier alpha value is -2.40. The molecule has 0 amide bonds. The molecule has 1 aliphatic heterocycles. The van der Waals surface area contributed by atoms with Crippen LogP contribution in [0.25, 0.3) is 16.7 Å². The Morgan fingerprint density at radius 3 is 2.70 bits per heavy atom. The molecule has 2 aromatic rings. The molecular weight excluding hydrogens is 299 g/mol. The van der Waals surface area contributed by atoms with Gasteiger partial charge in [-0.15, -0.1) is 0 Å². The lowest BCUT2D eigenvalue weighted by molar-refractivity contribution is -0.155. The number of rotatable bonds is 3. The fourth-order valence-corrected chi connectivity index (χ4v) is 2.73. The number of halogens is 1. The van der Waals surface area contributed by atoms with Gasteiger partial charge in [0.1, 0.15) is 23.4 Å². The number of hydrogen-bond acceptors (Lipinski definition) is 4. The predicted octanol–water partition coefficient (Wildman–Crippen LogP) is 3.47. The normalized spacial score (nSPS) is 21.1. The third kappa shape index (κ3) is 3.19. The van der Waals surface area contributed by atoms with E-state index in [1.165, 1.54) is 12.1 Å². The lowest BCUT2D eigenvalue weighted by Gasteiger charge is -2.27. The van der Waals surface area contributed by atoms with Gasteiger partial charge in [0.05, 0.1) is 12.5 Å². The Morgan fingerprint density at radius 2 is 2.04 bits per heavy atom. The zero-order valence-corrected chi connectivity index (χ0v) is 12.7. The SMILES string of the molecule is C=C(c1oc(C)cc1-c1ccc(F)cc1)C1CC(O)CC(=O)O1. The molecule has 1 fully saturated rings. The minimum atomic E-state index is -0.747. The van der Waals surface area contributed by atoms with Crippen LogP contribution in [0.1, 0.15) is 24.4 Å². The van der Waals surface area contributed by atoms with Crippen molar-refractivity contribution in [1.82, 2.24) is 0 Å². The topological polar surface area (TPSA) is 59.7 Å². The van der Waals surface area contributed by atoms with E-state index in [4.69, 9.17) is 9.15 Å². The molecule has 1 N–H and O–H groups in total. The average molecular weight is 316 g/mol. The number of cyclic esters (lactones) is 1. The molecule has 2 atom stereocenters. The maximum absolute atomic E-state index is 13.1. The first-order chi connectivity index (χ1) is 10.9. The summed E-state index contributed by atoms with van der Waals surface area (Å²) in [5, 5.41) is 9.75. The molecule has 23 heavy (non-hydrogen) atoms. The highest BCUT2D eigenvalue weighted by Crippen LogP contribution is 2.36. The maximum atomic E-state index is 13.1. The van der Waals surface area contributed by atoms with Gasteiger partial charge >= 0.3 is 5.97 Å². The van der Waals surface area contributed by atoms with Crippen LogP contribution in [0.15, 0.2) is 41.3 Å². The molecule has 3 rings (SSSR count). The van der Waals surface area contributed by atoms with Gasteiger partial charge in [0.2, 0.25) is 0 Å². The standard InChI is InChI=1S/C18H17FO4/c1-10-7-15(12-3-5-13(19)6-4-12)18(22-10)11(2)16-8-14(20)9-17(21)23-16/h3-7,14,16,20H,2,8-9H2,1H3. The van der Waals surface area contributed by atoms with Crippen molar-refractivity contribution in [3.05, 3.63) is 54.2 Å². The minimum Gasteiger partial charge on any atom is -0.461 e. The molecule has 0 saturated carbocycles. The lowest BCUT2D eigenvalue weighted by atomic mass is 9.95. The minimum absolute atomic E-state index is 0.00815. The number of carbonyl (C=O) groups is 1. The Bertz CT molecular complexity index is 745. The van der Waals surface area contributed by atoms with E-state index in [2.05, 4.69) is 6.58 Å². The molecule has 2 unspecified atom stereocenters. The van der Waals surface area contributed by atoms with Gasteiger partial charge in [0.15, 0.2) is 0 Å². The molecule has 1 aromatic heterocycles. The molecule has 1 saturated heterocycles. The molecule has 0 radical (unpaired) electrons. The number of esters is 1. The first-order valence-electron chi connectivity index (χ1n) is 7.37. The van der Waals surface area contributed by atoms with Gasteiger partial charge < -0.3 is 14.3 Å². The number of ether oxygens (including phenoxy) is 1. The van der Waals surface area contributed by atoms with E-state index in [9.17, 15) is 14.3 Å². The first kappa shape index (κ1) is 15.5. The average Bonchev–Trinajstić information content (AvgIpc) is 2.88. The number of benzene rings is 1. The quantitative estimate of drug-likeness (QED) is 0.881. The summed E-state index contributed by atoms with van der Waals surface area (Å²) in [6.07, 6.45) is -1.10. The van der Waals surface area contributed by atoms with E-state index in [1.54, 1.807) is 19.1 Å². The highest BCUT2D eigenvalue weighted by atomic mass is 19.1. The Labute approximate surface area is 133 Å². The molecule has 0 bridgehead atoms. The number of furan rings is 1. The monoisotopic (exact) mass is 316 g/mol. The van der Waals surface area contributed by atoms with Gasteiger partial charge in [0, 0.05) is 17.6 Å². The largest absolute Gasteiger partial charge is 0.461 e. The summed E-state index contributed by atoms with van der Waals surface area (Å²) in [4.78, 5) is 11.5. The first-order valence-corrected chi connectivity index (χ1v) is 7.37. The van der Waals surface area contributed by atoms with Crippen LogP contribution in [0.3, 0.4) is 0 Å². The lowest BCUT2D eigenvalue weighted by Crippen LogP contribution is -2.33. The van der Waals surface area contributed by atoms with Crippen LogP contribution in [-0.4, -0.2) is 23.3 Å². The van der Waals surface area contributed by atoms with Crippen molar-refractivity contribution in [1.29, 1.82) is 0 Å². The van der Waals surface area contributed by atoms with Crippen molar-refractivity contribution in [2.24, 2.45) is 0 Å². The van der Waals surface area contributed by atoms with Crippen LogP contribution >= 0.6 is 0 Å². The highest BCUT2D eigenvalue weighted by Gasteiger charge is 2.31. The molecule has 5 heteroatoms. The molecule has 0 aliphatic carbocycles. The molecule has 1 aliphatic rings. The van der Waals surface area contributed by atoms with E-state index >= 15 is 0 Å². The van der Waals surface area contributed by atoms with Crippen LogP contribution in [0.5, 0.6) is 0 Å². The van der Waals surface area contributed by atoms with Crippen molar-refractivity contribution in [3.8, 4) is 11.1 Å². The van der Waals surface area contributed by atoms with Crippen LogP contribution in [0.4, 0.5) is 4.39 Å². The van der Waals surface area contributed by atoms with Crippen molar-refractivity contribution < 1.29 is 23.4 Å². The van der Waals surface area contributed by atoms with Crippen molar-refractivity contribution in [3.63, 3.8) is 0 Å².